The molecule has 2 aromatic heterocycles. The minimum absolute atomic E-state index is 0.0992. The Kier molecular flexibility index (Phi) is 3.94. The van der Waals surface area contributed by atoms with Gasteiger partial charge in [-0.15, -0.1) is 10.2 Å². The third kappa shape index (κ3) is 3.01. The summed E-state index contributed by atoms with van der Waals surface area (Å²) >= 11 is 6.84. The summed E-state index contributed by atoms with van der Waals surface area (Å²) in [6.07, 6.45) is 0. The van der Waals surface area contributed by atoms with Gasteiger partial charge in [0.25, 0.3) is 5.89 Å². The van der Waals surface area contributed by atoms with Crippen molar-refractivity contribution >= 4 is 33.0 Å². The molecule has 0 aliphatic rings. The monoisotopic (exact) mass is 356 g/mol. The van der Waals surface area contributed by atoms with E-state index in [1.165, 1.54) is 0 Å². The number of halogens is 1. The van der Waals surface area contributed by atoms with Crippen LogP contribution in [0.3, 0.4) is 0 Å². The number of hydrogen-bond donors (Lipinski definition) is 0. The average Bonchev–Trinajstić information content (AvgIpc) is 3.10. The van der Waals surface area contributed by atoms with Gasteiger partial charge in [-0.1, -0.05) is 33.3 Å². The smallest absolute Gasteiger partial charge is 0.336 e. The summed E-state index contributed by atoms with van der Waals surface area (Å²) in [7, 11) is -3.73. The van der Waals surface area contributed by atoms with Crippen molar-refractivity contribution in [3.8, 4) is 10.8 Å². The average molecular weight is 357 g/mol. The van der Waals surface area contributed by atoms with Gasteiger partial charge in [0.2, 0.25) is 9.84 Å². The van der Waals surface area contributed by atoms with Crippen LogP contribution in [0.1, 0.15) is 11.3 Å². The number of benzene rings is 1. The topological polar surface area (TPSA) is 98.8 Å². The summed E-state index contributed by atoms with van der Waals surface area (Å²) in [5.74, 6) is -0.145. The first-order chi connectivity index (χ1) is 10.5. The highest BCUT2D eigenvalue weighted by Crippen LogP contribution is 2.26. The van der Waals surface area contributed by atoms with Gasteiger partial charge in [0.05, 0.1) is 11.4 Å². The summed E-state index contributed by atoms with van der Waals surface area (Å²) in [5, 5.41) is 11.3. The van der Waals surface area contributed by atoms with Gasteiger partial charge in [-0.3, -0.25) is 0 Å². The number of aromatic nitrogens is 4. The largest absolute Gasteiger partial charge is 0.407 e. The Morgan fingerprint density at radius 3 is 2.55 bits per heavy atom. The maximum atomic E-state index is 12.3. The number of aryl methyl sites for hydroxylation is 1. The Hall–Kier alpha value is -1.84. The second-order valence-electron chi connectivity index (χ2n) is 4.45. The predicted molar refractivity (Wildman–Crippen MR) is 80.3 cm³/mol. The number of nitrogens with zero attached hydrogens (tertiary/aromatic N) is 4. The zero-order chi connectivity index (χ0) is 15.7. The normalized spacial score (nSPS) is 11.7. The fourth-order valence-electron chi connectivity index (χ4n) is 1.72. The molecular weight excluding hydrogens is 348 g/mol. The molecule has 0 amide bonds. The fourth-order valence-corrected chi connectivity index (χ4v) is 3.55. The van der Waals surface area contributed by atoms with E-state index >= 15 is 0 Å². The Balaban J connectivity index is 1.88. The molecule has 2 heterocycles. The second kappa shape index (κ2) is 5.75. The molecule has 1 aromatic carbocycles. The maximum Gasteiger partial charge on any atom is 0.336 e. The lowest BCUT2D eigenvalue weighted by Crippen LogP contribution is -2.05. The first-order valence-corrected chi connectivity index (χ1v) is 8.86. The van der Waals surface area contributed by atoms with Gasteiger partial charge in [-0.2, -0.15) is 0 Å². The second-order valence-corrected chi connectivity index (χ2v) is 7.50. The fraction of sp³-hybridized carbons (Fsp3) is 0.167. The van der Waals surface area contributed by atoms with Crippen LogP contribution in [0.2, 0.25) is 5.02 Å². The lowest BCUT2D eigenvalue weighted by Gasteiger charge is -2.00. The van der Waals surface area contributed by atoms with Crippen molar-refractivity contribution in [2.45, 2.75) is 17.9 Å². The molecule has 0 atom stereocenters. The molecule has 114 valence electrons. The molecule has 0 saturated carbocycles. The summed E-state index contributed by atoms with van der Waals surface area (Å²) < 4.78 is 33.6. The number of hydrogen-bond acceptors (Lipinski definition) is 8. The van der Waals surface area contributed by atoms with E-state index in [9.17, 15) is 8.42 Å². The predicted octanol–water partition coefficient (Wildman–Crippen LogP) is 2.52. The van der Waals surface area contributed by atoms with Gasteiger partial charge in [0, 0.05) is 5.02 Å². The molecule has 0 aliphatic carbocycles. The number of sulfone groups is 1. The zero-order valence-corrected chi connectivity index (χ0v) is 13.6. The Morgan fingerprint density at radius 1 is 1.18 bits per heavy atom. The molecule has 22 heavy (non-hydrogen) atoms. The van der Waals surface area contributed by atoms with Gasteiger partial charge in [0.1, 0.15) is 4.88 Å². The van der Waals surface area contributed by atoms with Crippen LogP contribution in [-0.2, 0) is 15.6 Å². The van der Waals surface area contributed by atoms with Crippen molar-refractivity contribution < 1.29 is 12.8 Å². The molecule has 0 N–H and O–H groups in total. The minimum Gasteiger partial charge on any atom is -0.407 e. The van der Waals surface area contributed by atoms with Gasteiger partial charge in [-0.05, 0) is 36.2 Å². The van der Waals surface area contributed by atoms with E-state index in [2.05, 4.69) is 19.8 Å². The van der Waals surface area contributed by atoms with Crippen LogP contribution in [-0.4, -0.2) is 28.2 Å². The van der Waals surface area contributed by atoms with E-state index < -0.39 is 15.1 Å². The lowest BCUT2D eigenvalue weighted by atomic mass is 10.2. The quantitative estimate of drug-likeness (QED) is 0.708. The molecule has 3 rings (SSSR count). The van der Waals surface area contributed by atoms with Crippen molar-refractivity contribution in [3.05, 3.63) is 40.5 Å². The summed E-state index contributed by atoms with van der Waals surface area (Å²) in [5.41, 5.74) is 1.19. The van der Waals surface area contributed by atoms with Crippen LogP contribution in [0.25, 0.3) is 10.8 Å². The van der Waals surface area contributed by atoms with E-state index in [-0.39, 0.29) is 11.6 Å². The maximum absolute atomic E-state index is 12.3. The van der Waals surface area contributed by atoms with Gasteiger partial charge in [-0.25, -0.2) is 8.42 Å². The van der Waals surface area contributed by atoms with E-state index in [0.717, 1.165) is 11.5 Å². The van der Waals surface area contributed by atoms with E-state index in [0.29, 0.717) is 21.2 Å². The van der Waals surface area contributed by atoms with Gasteiger partial charge < -0.3 is 4.42 Å². The standard InChI is InChI=1S/C12H9ClN4O3S2/c1-7-10(21-17-14-7)11-15-16-12(20-11)22(18,19)6-8-2-4-9(13)5-3-8/h2-5H,6H2,1H3. The highest BCUT2D eigenvalue weighted by Gasteiger charge is 2.24. The van der Waals surface area contributed by atoms with Crippen LogP contribution in [0.15, 0.2) is 33.9 Å². The molecule has 3 aromatic rings. The molecule has 0 fully saturated rings. The van der Waals surface area contributed by atoms with E-state index in [1.807, 2.05) is 0 Å². The Bertz CT molecular complexity index is 903. The summed E-state index contributed by atoms with van der Waals surface area (Å²) in [6, 6.07) is 6.51. The summed E-state index contributed by atoms with van der Waals surface area (Å²) in [6.45, 7) is 1.73. The van der Waals surface area contributed by atoms with Crippen molar-refractivity contribution in [1.82, 2.24) is 19.8 Å². The minimum atomic E-state index is -3.73. The van der Waals surface area contributed by atoms with Crippen molar-refractivity contribution in [2.24, 2.45) is 0 Å². The van der Waals surface area contributed by atoms with Gasteiger partial charge >= 0.3 is 5.22 Å². The molecule has 0 bridgehead atoms. The molecule has 7 nitrogen and oxygen atoms in total. The van der Waals surface area contributed by atoms with E-state index in [1.54, 1.807) is 31.2 Å². The first-order valence-electron chi connectivity index (χ1n) is 6.06. The Labute approximate surface area is 135 Å². The van der Waals surface area contributed by atoms with Crippen LogP contribution in [0.5, 0.6) is 0 Å². The van der Waals surface area contributed by atoms with E-state index in [4.69, 9.17) is 16.0 Å². The van der Waals surface area contributed by atoms with Crippen LogP contribution >= 0.6 is 23.1 Å². The molecule has 0 saturated heterocycles. The Morgan fingerprint density at radius 2 is 1.91 bits per heavy atom. The molecule has 0 radical (unpaired) electrons. The third-order valence-electron chi connectivity index (χ3n) is 2.79. The third-order valence-corrected chi connectivity index (χ3v) is 5.27. The highest BCUT2D eigenvalue weighted by molar-refractivity contribution is 7.90. The molecule has 0 aliphatic heterocycles. The van der Waals surface area contributed by atoms with Gasteiger partial charge in [0.15, 0.2) is 0 Å². The van der Waals surface area contributed by atoms with Crippen molar-refractivity contribution in [3.63, 3.8) is 0 Å². The van der Waals surface area contributed by atoms with Crippen LogP contribution in [0, 0.1) is 6.92 Å². The summed E-state index contributed by atoms with van der Waals surface area (Å²) in [4.78, 5) is 0.556. The highest BCUT2D eigenvalue weighted by atomic mass is 35.5. The van der Waals surface area contributed by atoms with Crippen LogP contribution < -0.4 is 0 Å². The first kappa shape index (κ1) is 15.1. The lowest BCUT2D eigenvalue weighted by molar-refractivity contribution is 0.440. The van der Waals surface area contributed by atoms with Crippen LogP contribution in [0.4, 0.5) is 0 Å². The molecule has 10 heteroatoms. The zero-order valence-electron chi connectivity index (χ0n) is 11.2. The van der Waals surface area contributed by atoms with Crippen molar-refractivity contribution in [2.75, 3.05) is 0 Å². The molecular formula is C12H9ClN4O3S2. The SMILES string of the molecule is Cc1nnsc1-c1nnc(S(=O)(=O)Cc2ccc(Cl)cc2)o1. The van der Waals surface area contributed by atoms with Crippen molar-refractivity contribution in [1.29, 1.82) is 0 Å². The molecule has 0 spiro atoms. The number of rotatable bonds is 4. The molecule has 0 unspecified atom stereocenters.